The van der Waals surface area contributed by atoms with E-state index in [1.54, 1.807) is 31.4 Å². The van der Waals surface area contributed by atoms with Crippen LogP contribution in [0.3, 0.4) is 0 Å². The summed E-state index contributed by atoms with van der Waals surface area (Å²) in [5, 5.41) is 2.83. The summed E-state index contributed by atoms with van der Waals surface area (Å²) in [5.74, 6) is 0.230. The first-order valence-corrected chi connectivity index (χ1v) is 8.90. The first kappa shape index (κ1) is 21.0. The fourth-order valence-electron chi connectivity index (χ4n) is 2.54. The van der Waals surface area contributed by atoms with Crippen molar-refractivity contribution in [3.63, 3.8) is 0 Å². The van der Waals surface area contributed by atoms with Gasteiger partial charge in [0.05, 0.1) is 20.3 Å². The standard InChI is InChI=1S/C22H25NO5/c1-15(17-8-6-5-7-9-17)23-22(25)16(2)28-21(24)13-11-18-10-12-19(26-3)14-20(18)27-4/h5-16H,1-4H3,(H,23,25)/b13-11+. The van der Waals surface area contributed by atoms with Crippen LogP contribution in [0, 0.1) is 0 Å². The van der Waals surface area contributed by atoms with Gasteiger partial charge >= 0.3 is 5.97 Å². The van der Waals surface area contributed by atoms with Crippen LogP contribution in [-0.4, -0.2) is 32.2 Å². The van der Waals surface area contributed by atoms with Crippen molar-refractivity contribution in [1.29, 1.82) is 0 Å². The van der Waals surface area contributed by atoms with Crippen molar-refractivity contribution in [2.45, 2.75) is 26.0 Å². The Morgan fingerprint density at radius 1 is 1.00 bits per heavy atom. The number of carbonyl (C=O) groups is 2. The van der Waals surface area contributed by atoms with E-state index in [9.17, 15) is 9.59 Å². The average molecular weight is 383 g/mol. The summed E-state index contributed by atoms with van der Waals surface area (Å²) in [7, 11) is 3.09. The molecule has 0 radical (unpaired) electrons. The highest BCUT2D eigenvalue weighted by atomic mass is 16.5. The highest BCUT2D eigenvalue weighted by molar-refractivity contribution is 5.90. The molecule has 0 heterocycles. The molecule has 1 N–H and O–H groups in total. The van der Waals surface area contributed by atoms with Crippen molar-refractivity contribution in [2.75, 3.05) is 14.2 Å². The van der Waals surface area contributed by atoms with E-state index in [0.29, 0.717) is 17.1 Å². The van der Waals surface area contributed by atoms with Gasteiger partial charge in [0.15, 0.2) is 6.10 Å². The van der Waals surface area contributed by atoms with E-state index in [1.807, 2.05) is 37.3 Å². The number of ether oxygens (including phenoxy) is 3. The molecule has 6 heteroatoms. The normalized spacial score (nSPS) is 12.9. The molecular formula is C22H25NO5. The van der Waals surface area contributed by atoms with Crippen LogP contribution in [0.4, 0.5) is 0 Å². The van der Waals surface area contributed by atoms with E-state index >= 15 is 0 Å². The molecule has 0 aromatic heterocycles. The number of esters is 1. The molecule has 0 aliphatic heterocycles. The fraction of sp³-hybridized carbons (Fsp3) is 0.273. The summed E-state index contributed by atoms with van der Waals surface area (Å²) in [5.41, 5.74) is 1.66. The van der Waals surface area contributed by atoms with Gasteiger partial charge in [0.25, 0.3) is 5.91 Å². The molecule has 2 atom stereocenters. The number of methoxy groups -OCH3 is 2. The third-order valence-electron chi connectivity index (χ3n) is 4.16. The van der Waals surface area contributed by atoms with Crippen LogP contribution in [-0.2, 0) is 14.3 Å². The number of hydrogen-bond donors (Lipinski definition) is 1. The van der Waals surface area contributed by atoms with Gasteiger partial charge in [-0.05, 0) is 37.6 Å². The van der Waals surface area contributed by atoms with Gasteiger partial charge in [-0.25, -0.2) is 4.79 Å². The van der Waals surface area contributed by atoms with E-state index in [-0.39, 0.29) is 11.9 Å². The molecule has 0 aliphatic rings. The monoisotopic (exact) mass is 383 g/mol. The summed E-state index contributed by atoms with van der Waals surface area (Å²) in [4.78, 5) is 24.3. The predicted octanol–water partition coefficient (Wildman–Crippen LogP) is 3.53. The van der Waals surface area contributed by atoms with Crippen LogP contribution in [0.1, 0.15) is 31.0 Å². The molecule has 148 valence electrons. The lowest BCUT2D eigenvalue weighted by Crippen LogP contribution is -2.37. The van der Waals surface area contributed by atoms with Gasteiger partial charge in [-0.15, -0.1) is 0 Å². The summed E-state index contributed by atoms with van der Waals surface area (Å²) < 4.78 is 15.6. The highest BCUT2D eigenvalue weighted by Crippen LogP contribution is 2.25. The largest absolute Gasteiger partial charge is 0.497 e. The quantitative estimate of drug-likeness (QED) is 0.558. The van der Waals surface area contributed by atoms with Crippen molar-refractivity contribution >= 4 is 18.0 Å². The summed E-state index contributed by atoms with van der Waals surface area (Å²) >= 11 is 0. The van der Waals surface area contributed by atoms with Gasteiger partial charge in [-0.3, -0.25) is 4.79 Å². The molecule has 0 fully saturated rings. The molecule has 2 aromatic carbocycles. The van der Waals surface area contributed by atoms with Gasteiger partial charge in [-0.1, -0.05) is 30.3 Å². The minimum atomic E-state index is -0.916. The molecule has 0 saturated heterocycles. The minimum absolute atomic E-state index is 0.186. The van der Waals surface area contributed by atoms with Crippen LogP contribution < -0.4 is 14.8 Å². The van der Waals surface area contributed by atoms with Gasteiger partial charge < -0.3 is 19.5 Å². The number of rotatable bonds is 8. The predicted molar refractivity (Wildman–Crippen MR) is 107 cm³/mol. The molecule has 2 rings (SSSR count). The van der Waals surface area contributed by atoms with Crippen LogP contribution in [0.25, 0.3) is 6.08 Å². The number of amides is 1. The van der Waals surface area contributed by atoms with Gasteiger partial charge in [0.2, 0.25) is 0 Å². The zero-order valence-electron chi connectivity index (χ0n) is 16.5. The third-order valence-corrected chi connectivity index (χ3v) is 4.16. The summed E-state index contributed by atoms with van der Waals surface area (Å²) in [6.07, 6.45) is 1.91. The number of carbonyl (C=O) groups excluding carboxylic acids is 2. The topological polar surface area (TPSA) is 73.9 Å². The second kappa shape index (κ2) is 10.2. The first-order chi connectivity index (χ1) is 13.4. The third kappa shape index (κ3) is 5.87. The van der Waals surface area contributed by atoms with Crippen LogP contribution in [0.5, 0.6) is 11.5 Å². The Kier molecular flexibility index (Phi) is 7.63. The molecular weight excluding hydrogens is 358 g/mol. The molecule has 2 aromatic rings. The Bertz CT molecular complexity index is 832. The van der Waals surface area contributed by atoms with Gasteiger partial charge in [-0.2, -0.15) is 0 Å². The molecule has 0 aliphatic carbocycles. The van der Waals surface area contributed by atoms with Crippen LogP contribution in [0.15, 0.2) is 54.6 Å². The Morgan fingerprint density at radius 3 is 2.36 bits per heavy atom. The summed E-state index contributed by atoms with van der Waals surface area (Å²) in [6, 6.07) is 14.6. The molecule has 0 saturated carbocycles. The Hall–Kier alpha value is -3.28. The Labute approximate surface area is 165 Å². The number of benzene rings is 2. The average Bonchev–Trinajstić information content (AvgIpc) is 2.72. The lowest BCUT2D eigenvalue weighted by molar-refractivity contribution is -0.150. The van der Waals surface area contributed by atoms with Gasteiger partial charge in [0, 0.05) is 17.7 Å². The van der Waals surface area contributed by atoms with Crippen molar-refractivity contribution < 1.29 is 23.8 Å². The van der Waals surface area contributed by atoms with Crippen molar-refractivity contribution in [1.82, 2.24) is 5.32 Å². The van der Waals surface area contributed by atoms with Crippen molar-refractivity contribution in [2.24, 2.45) is 0 Å². The molecule has 0 spiro atoms. The van der Waals surface area contributed by atoms with Crippen LogP contribution in [0.2, 0.25) is 0 Å². The zero-order valence-corrected chi connectivity index (χ0v) is 16.5. The van der Waals surface area contributed by atoms with E-state index in [2.05, 4.69) is 5.32 Å². The number of nitrogens with one attached hydrogen (secondary N) is 1. The SMILES string of the molecule is COc1ccc(/C=C/C(=O)OC(C)C(=O)NC(C)c2ccccc2)c(OC)c1. The van der Waals surface area contributed by atoms with E-state index in [0.717, 1.165) is 5.56 Å². The highest BCUT2D eigenvalue weighted by Gasteiger charge is 2.19. The summed E-state index contributed by atoms with van der Waals surface area (Å²) in [6.45, 7) is 3.41. The molecule has 1 amide bonds. The smallest absolute Gasteiger partial charge is 0.331 e. The zero-order chi connectivity index (χ0) is 20.5. The van der Waals surface area contributed by atoms with Crippen molar-refractivity contribution in [3.8, 4) is 11.5 Å². The minimum Gasteiger partial charge on any atom is -0.497 e. The van der Waals surface area contributed by atoms with Crippen LogP contribution >= 0.6 is 0 Å². The second-order valence-corrected chi connectivity index (χ2v) is 6.16. The first-order valence-electron chi connectivity index (χ1n) is 8.90. The maximum absolute atomic E-state index is 12.3. The lowest BCUT2D eigenvalue weighted by atomic mass is 10.1. The van der Waals surface area contributed by atoms with Gasteiger partial charge in [0.1, 0.15) is 11.5 Å². The molecule has 28 heavy (non-hydrogen) atoms. The maximum atomic E-state index is 12.3. The second-order valence-electron chi connectivity index (χ2n) is 6.16. The molecule has 0 bridgehead atoms. The van der Waals surface area contributed by atoms with E-state index < -0.39 is 12.1 Å². The number of hydrogen-bond acceptors (Lipinski definition) is 5. The lowest BCUT2D eigenvalue weighted by Gasteiger charge is -2.17. The van der Waals surface area contributed by atoms with E-state index in [1.165, 1.54) is 20.1 Å². The van der Waals surface area contributed by atoms with E-state index in [4.69, 9.17) is 14.2 Å². The molecule has 2 unspecified atom stereocenters. The fourth-order valence-corrected chi connectivity index (χ4v) is 2.54. The Balaban J connectivity index is 1.93. The maximum Gasteiger partial charge on any atom is 0.331 e. The molecule has 6 nitrogen and oxygen atoms in total. The van der Waals surface area contributed by atoms with Crippen molar-refractivity contribution in [3.05, 3.63) is 65.7 Å². The Morgan fingerprint density at radius 2 is 1.71 bits per heavy atom.